The molecule has 5 rings (SSSR count). The second kappa shape index (κ2) is 11.2. The van der Waals surface area contributed by atoms with Crippen molar-refractivity contribution in [3.8, 4) is 11.5 Å². The number of fused-ring (bicyclic) bond motifs is 1. The topological polar surface area (TPSA) is 101 Å². The van der Waals surface area contributed by atoms with Gasteiger partial charge in [0.2, 0.25) is 11.9 Å². The number of hydrogen-bond donors (Lipinski definition) is 2. The third-order valence-corrected chi connectivity index (χ3v) is 6.93. The van der Waals surface area contributed by atoms with E-state index in [4.69, 9.17) is 4.74 Å². The summed E-state index contributed by atoms with van der Waals surface area (Å²) in [5, 5.41) is 5.98. The van der Waals surface area contributed by atoms with Crippen LogP contribution in [0.3, 0.4) is 0 Å². The molecule has 2 aromatic carbocycles. The highest BCUT2D eigenvalue weighted by Crippen LogP contribution is 2.29. The number of anilines is 2. The van der Waals surface area contributed by atoms with E-state index in [-0.39, 0.29) is 23.3 Å². The molecule has 1 aliphatic rings. The highest BCUT2D eigenvalue weighted by molar-refractivity contribution is 9.10. The summed E-state index contributed by atoms with van der Waals surface area (Å²) in [6, 6.07) is 13.5. The van der Waals surface area contributed by atoms with Crippen molar-refractivity contribution in [1.82, 2.24) is 24.8 Å². The number of nitrogens with one attached hydrogen (secondary N) is 2. The van der Waals surface area contributed by atoms with E-state index in [0.29, 0.717) is 59.1 Å². The molecular formula is C27H26BrFN6O3. The summed E-state index contributed by atoms with van der Waals surface area (Å²) in [5.41, 5.74) is 2.37. The molecule has 1 aliphatic heterocycles. The molecule has 11 heteroatoms. The molecule has 1 saturated heterocycles. The molecular weight excluding hydrogens is 555 g/mol. The Morgan fingerprint density at radius 3 is 2.79 bits per heavy atom. The van der Waals surface area contributed by atoms with Gasteiger partial charge in [-0.3, -0.25) is 14.6 Å². The summed E-state index contributed by atoms with van der Waals surface area (Å²) in [6.07, 6.45) is 3.72. The fourth-order valence-electron chi connectivity index (χ4n) is 4.30. The quantitative estimate of drug-likeness (QED) is 0.265. The minimum atomic E-state index is -0.367. The van der Waals surface area contributed by atoms with Crippen LogP contribution in [0.5, 0.6) is 11.5 Å². The van der Waals surface area contributed by atoms with E-state index in [1.165, 1.54) is 12.3 Å². The molecule has 0 bridgehead atoms. The van der Waals surface area contributed by atoms with Gasteiger partial charge in [-0.15, -0.1) is 0 Å². The number of hydrogen-bond acceptors (Lipinski definition) is 6. The zero-order valence-electron chi connectivity index (χ0n) is 20.7. The summed E-state index contributed by atoms with van der Waals surface area (Å²) >= 11 is 3.16. The predicted molar refractivity (Wildman–Crippen MR) is 145 cm³/mol. The number of benzene rings is 2. The summed E-state index contributed by atoms with van der Waals surface area (Å²) < 4.78 is 22.1. The Labute approximate surface area is 227 Å². The number of likely N-dealkylation sites (tertiary alicyclic amines) is 1. The van der Waals surface area contributed by atoms with E-state index in [9.17, 15) is 14.0 Å². The first kappa shape index (κ1) is 25.7. The lowest BCUT2D eigenvalue weighted by Gasteiger charge is -2.15. The Kier molecular flexibility index (Phi) is 7.54. The highest BCUT2D eigenvalue weighted by Gasteiger charge is 2.19. The second-order valence-electron chi connectivity index (χ2n) is 8.97. The average Bonchev–Trinajstić information content (AvgIpc) is 3.45. The maximum atomic E-state index is 13.9. The minimum Gasteiger partial charge on any atom is -0.457 e. The molecule has 2 amide bonds. The van der Waals surface area contributed by atoms with E-state index in [1.54, 1.807) is 30.3 Å². The zero-order valence-corrected chi connectivity index (χ0v) is 22.3. The standard InChI is InChI=1S/C27H26BrFN6O3/c1-34-24-8-6-18(15-22(24)33-27(34)32-17-5-7-20(28)21(29)14-17)38-19-9-11-30-23(16-19)26(37)31-10-3-13-35-12-2-4-25(35)36/h5-9,11,14-16H,2-4,10,12-13H2,1H3,(H,31,37)(H,32,33). The molecule has 1 fully saturated rings. The Bertz CT molecular complexity index is 1510. The van der Waals surface area contributed by atoms with Gasteiger partial charge in [0.15, 0.2) is 0 Å². The van der Waals surface area contributed by atoms with Gasteiger partial charge in [0, 0.05) is 57.1 Å². The maximum absolute atomic E-state index is 13.9. The third kappa shape index (κ3) is 5.77. The van der Waals surface area contributed by atoms with Gasteiger partial charge in [-0.25, -0.2) is 9.37 Å². The molecule has 0 aliphatic carbocycles. The number of nitrogens with zero attached hydrogens (tertiary/aromatic N) is 4. The summed E-state index contributed by atoms with van der Waals surface area (Å²) in [4.78, 5) is 34.9. The number of carbonyl (C=O) groups excluding carboxylic acids is 2. The normalized spacial score (nSPS) is 13.2. The van der Waals surface area contributed by atoms with Crippen molar-refractivity contribution in [2.45, 2.75) is 19.3 Å². The van der Waals surface area contributed by atoms with Crippen molar-refractivity contribution in [3.63, 3.8) is 0 Å². The van der Waals surface area contributed by atoms with Crippen LogP contribution in [0.4, 0.5) is 16.0 Å². The second-order valence-corrected chi connectivity index (χ2v) is 9.83. The Balaban J connectivity index is 1.22. The van der Waals surface area contributed by atoms with Crippen molar-refractivity contribution in [2.75, 3.05) is 25.0 Å². The van der Waals surface area contributed by atoms with Crippen molar-refractivity contribution < 1.29 is 18.7 Å². The predicted octanol–water partition coefficient (Wildman–Crippen LogP) is 5.15. The van der Waals surface area contributed by atoms with Crippen molar-refractivity contribution in [2.24, 2.45) is 7.05 Å². The Morgan fingerprint density at radius 2 is 2.00 bits per heavy atom. The number of halogens is 2. The van der Waals surface area contributed by atoms with Gasteiger partial charge in [-0.1, -0.05) is 0 Å². The van der Waals surface area contributed by atoms with E-state index in [0.717, 1.165) is 18.5 Å². The van der Waals surface area contributed by atoms with Gasteiger partial charge in [-0.2, -0.15) is 0 Å². The molecule has 0 unspecified atom stereocenters. The summed E-state index contributed by atoms with van der Waals surface area (Å²) in [7, 11) is 1.87. The summed E-state index contributed by atoms with van der Waals surface area (Å²) in [6.45, 7) is 1.89. The molecule has 9 nitrogen and oxygen atoms in total. The fraction of sp³-hybridized carbons (Fsp3) is 0.259. The van der Waals surface area contributed by atoms with Gasteiger partial charge in [0.1, 0.15) is 23.0 Å². The van der Waals surface area contributed by atoms with Crippen molar-refractivity contribution in [1.29, 1.82) is 0 Å². The molecule has 0 saturated carbocycles. The first-order valence-electron chi connectivity index (χ1n) is 12.3. The summed E-state index contributed by atoms with van der Waals surface area (Å²) in [5.74, 6) is 1.07. The maximum Gasteiger partial charge on any atom is 0.270 e. The first-order valence-corrected chi connectivity index (χ1v) is 13.0. The molecule has 4 aromatic rings. The Hall–Kier alpha value is -3.99. The van der Waals surface area contributed by atoms with E-state index in [2.05, 4.69) is 36.5 Å². The van der Waals surface area contributed by atoms with Crippen LogP contribution >= 0.6 is 15.9 Å². The van der Waals surface area contributed by atoms with Crippen LogP contribution in [0.25, 0.3) is 11.0 Å². The van der Waals surface area contributed by atoms with E-state index >= 15 is 0 Å². The number of aromatic nitrogens is 3. The van der Waals surface area contributed by atoms with Crippen LogP contribution in [0.15, 0.2) is 59.2 Å². The number of carbonyl (C=O) groups is 2. The number of imidazole rings is 1. The molecule has 196 valence electrons. The van der Waals surface area contributed by atoms with Gasteiger partial charge in [0.25, 0.3) is 5.91 Å². The van der Waals surface area contributed by atoms with Crippen molar-refractivity contribution >= 4 is 50.4 Å². The molecule has 0 atom stereocenters. The smallest absolute Gasteiger partial charge is 0.270 e. The lowest BCUT2D eigenvalue weighted by molar-refractivity contribution is -0.127. The van der Waals surface area contributed by atoms with Gasteiger partial charge in [-0.05, 0) is 65.2 Å². The van der Waals surface area contributed by atoms with Crippen LogP contribution in [0.2, 0.25) is 0 Å². The molecule has 38 heavy (non-hydrogen) atoms. The van der Waals surface area contributed by atoms with Crippen LogP contribution in [0, 0.1) is 5.82 Å². The third-order valence-electron chi connectivity index (χ3n) is 6.29. The van der Waals surface area contributed by atoms with Crippen molar-refractivity contribution in [3.05, 3.63) is 70.7 Å². The Morgan fingerprint density at radius 1 is 1.16 bits per heavy atom. The van der Waals surface area contributed by atoms with Gasteiger partial charge >= 0.3 is 0 Å². The SMILES string of the molecule is Cn1c(Nc2ccc(Br)c(F)c2)nc2cc(Oc3ccnc(C(=O)NCCCN4CCCC4=O)c3)ccc21. The molecule has 2 N–H and O–H groups in total. The number of aryl methyl sites for hydroxylation is 1. The van der Waals surface area contributed by atoms with Crippen LogP contribution in [-0.2, 0) is 11.8 Å². The van der Waals surface area contributed by atoms with Gasteiger partial charge in [0.05, 0.1) is 15.5 Å². The van der Waals surface area contributed by atoms with Gasteiger partial charge < -0.3 is 24.8 Å². The fourth-order valence-corrected chi connectivity index (χ4v) is 4.54. The molecule has 0 spiro atoms. The largest absolute Gasteiger partial charge is 0.457 e. The van der Waals surface area contributed by atoms with E-state index in [1.807, 2.05) is 28.6 Å². The first-order chi connectivity index (χ1) is 18.4. The number of ether oxygens (including phenoxy) is 1. The van der Waals surface area contributed by atoms with Crippen LogP contribution in [-0.4, -0.2) is 50.9 Å². The lowest BCUT2D eigenvalue weighted by Crippen LogP contribution is -2.30. The lowest BCUT2D eigenvalue weighted by atomic mass is 10.3. The monoisotopic (exact) mass is 580 g/mol. The number of pyridine rings is 1. The zero-order chi connectivity index (χ0) is 26.6. The minimum absolute atomic E-state index is 0.180. The number of rotatable bonds is 9. The van der Waals surface area contributed by atoms with Crippen LogP contribution in [0.1, 0.15) is 29.8 Å². The van der Waals surface area contributed by atoms with E-state index < -0.39 is 0 Å². The molecule has 0 radical (unpaired) electrons. The molecule has 3 heterocycles. The van der Waals surface area contributed by atoms with Crippen LogP contribution < -0.4 is 15.4 Å². The molecule has 2 aromatic heterocycles. The number of amides is 2. The highest BCUT2D eigenvalue weighted by atomic mass is 79.9. The average molecular weight is 581 g/mol.